The molecule has 0 atom stereocenters. The molecule has 172 valence electrons. The zero-order valence-electron chi connectivity index (χ0n) is 20.1. The van der Waals surface area contributed by atoms with Crippen LogP contribution < -0.4 is 0 Å². The molecule has 5 heteroatoms. The van der Waals surface area contributed by atoms with Gasteiger partial charge >= 0.3 is 0 Å². The molecule has 8 bridgehead atoms. The van der Waals surface area contributed by atoms with Crippen molar-refractivity contribution in [3.63, 3.8) is 0 Å². The Labute approximate surface area is 227 Å². The Morgan fingerprint density at radius 3 is 1.46 bits per heavy atom. The first kappa shape index (κ1) is 23.1. The molecular formula is C32H22N4Zn. The number of aromatic amines is 2. The van der Waals surface area contributed by atoms with Gasteiger partial charge in [0.15, 0.2) is 0 Å². The van der Waals surface area contributed by atoms with Crippen LogP contribution in [0.25, 0.3) is 45.4 Å². The van der Waals surface area contributed by atoms with Gasteiger partial charge in [0.25, 0.3) is 0 Å². The largest absolute Gasteiger partial charge is 0.355 e. The molecule has 2 aliphatic heterocycles. The predicted molar refractivity (Wildman–Crippen MR) is 148 cm³/mol. The standard InChI is InChI=1S/C32H22N4.Zn/c1-3-7-21(8-4-1)31-29-19-27-15-13-25(34-27)17-23-11-12-24(33-23)18-26-14-16-28(35-26)20-30(36-29)32(31)22-9-5-2-6-10-22;/h1-20,33-34H;. The first-order chi connectivity index (χ1) is 17.8. The number of nitrogens with zero attached hydrogens (tertiary/aromatic N) is 2. The Balaban J connectivity index is 0.00000252. The molecule has 2 aliphatic rings. The van der Waals surface area contributed by atoms with Gasteiger partial charge in [-0.1, -0.05) is 60.7 Å². The normalized spacial score (nSPS) is 12.4. The van der Waals surface area contributed by atoms with E-state index in [2.05, 4.69) is 107 Å². The van der Waals surface area contributed by atoms with Gasteiger partial charge in [0.1, 0.15) is 0 Å². The molecule has 0 spiro atoms. The van der Waals surface area contributed by atoms with Crippen LogP contribution in [0.1, 0.15) is 33.9 Å². The summed E-state index contributed by atoms with van der Waals surface area (Å²) in [4.78, 5) is 17.0. The Morgan fingerprint density at radius 1 is 0.432 bits per heavy atom. The molecular weight excluding hydrogens is 506 g/mol. The van der Waals surface area contributed by atoms with Gasteiger partial charge in [-0.15, -0.1) is 0 Å². The topological polar surface area (TPSA) is 57.4 Å². The Kier molecular flexibility index (Phi) is 6.00. The third kappa shape index (κ3) is 4.50. The van der Waals surface area contributed by atoms with E-state index in [0.29, 0.717) is 0 Å². The SMILES string of the molecule is C1=Cc2cc3ccc(cc4ccc(cc5nc(cc1n2)C(c1ccccc1)=C5c1ccccc1)[nH]4)[nH]3.[Zn]. The third-order valence-electron chi connectivity index (χ3n) is 6.46. The maximum Gasteiger partial charge on any atom is 0.0744 e. The molecule has 37 heavy (non-hydrogen) atoms. The van der Waals surface area contributed by atoms with E-state index in [1.54, 1.807) is 0 Å². The van der Waals surface area contributed by atoms with Crippen LogP contribution >= 0.6 is 0 Å². The fourth-order valence-corrected chi connectivity index (χ4v) is 4.87. The van der Waals surface area contributed by atoms with Crippen molar-refractivity contribution in [3.05, 3.63) is 143 Å². The van der Waals surface area contributed by atoms with Crippen molar-refractivity contribution in [3.8, 4) is 0 Å². The molecule has 2 N–H and O–H groups in total. The zero-order chi connectivity index (χ0) is 23.9. The van der Waals surface area contributed by atoms with E-state index < -0.39 is 0 Å². The van der Waals surface area contributed by atoms with Gasteiger partial charge in [-0.05, 0) is 71.8 Å². The summed E-state index contributed by atoms with van der Waals surface area (Å²) in [5.41, 5.74) is 12.2. The first-order valence-corrected chi connectivity index (χ1v) is 12.0. The second-order valence-corrected chi connectivity index (χ2v) is 8.97. The van der Waals surface area contributed by atoms with Gasteiger partial charge in [-0.3, -0.25) is 0 Å². The van der Waals surface area contributed by atoms with E-state index in [4.69, 9.17) is 9.97 Å². The fourth-order valence-electron chi connectivity index (χ4n) is 4.87. The van der Waals surface area contributed by atoms with Crippen LogP contribution in [0.15, 0.2) is 109 Å². The molecule has 0 unspecified atom stereocenters. The molecule has 3 aromatic heterocycles. The zero-order valence-corrected chi connectivity index (χ0v) is 23.1. The molecule has 2 aromatic carbocycles. The van der Waals surface area contributed by atoms with Crippen molar-refractivity contribution in [2.45, 2.75) is 0 Å². The second-order valence-electron chi connectivity index (χ2n) is 8.97. The minimum absolute atomic E-state index is 0. The fraction of sp³-hybridized carbons (Fsp3) is 0. The summed E-state index contributed by atoms with van der Waals surface area (Å²) in [7, 11) is 0. The molecule has 0 aliphatic carbocycles. The van der Waals surface area contributed by atoms with E-state index in [1.807, 2.05) is 24.3 Å². The maximum atomic E-state index is 5.17. The van der Waals surface area contributed by atoms with E-state index in [1.165, 1.54) is 0 Å². The van der Waals surface area contributed by atoms with Crippen molar-refractivity contribution in [1.29, 1.82) is 0 Å². The Hall–Kier alpha value is -4.34. The van der Waals surface area contributed by atoms with E-state index in [0.717, 1.165) is 67.1 Å². The minimum Gasteiger partial charge on any atom is -0.355 e. The molecule has 0 amide bonds. The predicted octanol–water partition coefficient (Wildman–Crippen LogP) is 7.49. The van der Waals surface area contributed by atoms with Crippen LogP contribution in [0.4, 0.5) is 0 Å². The van der Waals surface area contributed by atoms with Gasteiger partial charge in [0.05, 0.1) is 22.8 Å². The average Bonchev–Trinajstić information content (AvgIpc) is 3.70. The molecule has 5 heterocycles. The summed E-state index contributed by atoms with van der Waals surface area (Å²) in [5, 5.41) is 0. The molecule has 7 rings (SSSR count). The quantitative estimate of drug-likeness (QED) is 0.229. The number of rotatable bonds is 2. The number of H-pyrrole nitrogens is 2. The molecule has 0 fully saturated rings. The summed E-state index contributed by atoms with van der Waals surface area (Å²) in [6, 6.07) is 37.7. The van der Waals surface area contributed by atoms with Crippen LogP contribution in [-0.2, 0) is 19.5 Å². The van der Waals surface area contributed by atoms with Crippen molar-refractivity contribution in [1.82, 2.24) is 19.9 Å². The molecule has 0 radical (unpaired) electrons. The summed E-state index contributed by atoms with van der Waals surface area (Å²) in [6.45, 7) is 0. The van der Waals surface area contributed by atoms with Gasteiger partial charge in [0.2, 0.25) is 0 Å². The first-order valence-electron chi connectivity index (χ1n) is 12.0. The van der Waals surface area contributed by atoms with Crippen LogP contribution in [0.5, 0.6) is 0 Å². The average molecular weight is 528 g/mol. The number of benzene rings is 2. The van der Waals surface area contributed by atoms with Crippen LogP contribution in [0.2, 0.25) is 0 Å². The molecule has 0 saturated heterocycles. The third-order valence-corrected chi connectivity index (χ3v) is 6.46. The minimum atomic E-state index is 0. The van der Waals surface area contributed by atoms with Gasteiger partial charge in [0, 0.05) is 52.7 Å². The van der Waals surface area contributed by atoms with Crippen LogP contribution in [0, 0.1) is 0 Å². The molecule has 4 nitrogen and oxygen atoms in total. The summed E-state index contributed by atoms with van der Waals surface area (Å²) < 4.78 is 0. The molecule has 5 aromatic rings. The van der Waals surface area contributed by atoms with Crippen molar-refractivity contribution >= 4 is 45.4 Å². The molecule has 0 saturated carbocycles. The maximum absolute atomic E-state index is 5.17. The monoisotopic (exact) mass is 526 g/mol. The summed E-state index contributed by atoms with van der Waals surface area (Å²) >= 11 is 0. The number of hydrogen-bond donors (Lipinski definition) is 2. The van der Waals surface area contributed by atoms with Gasteiger partial charge in [-0.2, -0.15) is 0 Å². The van der Waals surface area contributed by atoms with E-state index in [-0.39, 0.29) is 19.5 Å². The van der Waals surface area contributed by atoms with E-state index in [9.17, 15) is 0 Å². The van der Waals surface area contributed by atoms with Gasteiger partial charge in [-0.25, -0.2) is 9.97 Å². The Bertz CT molecular complexity index is 1830. The number of nitrogens with one attached hydrogen (secondary N) is 2. The summed E-state index contributed by atoms with van der Waals surface area (Å²) in [6.07, 6.45) is 4.09. The van der Waals surface area contributed by atoms with Crippen molar-refractivity contribution < 1.29 is 19.5 Å². The van der Waals surface area contributed by atoms with Crippen LogP contribution in [-0.4, -0.2) is 19.9 Å². The van der Waals surface area contributed by atoms with Gasteiger partial charge < -0.3 is 9.97 Å². The second kappa shape index (κ2) is 9.61. The number of hydrogen-bond acceptors (Lipinski definition) is 2. The van der Waals surface area contributed by atoms with E-state index >= 15 is 0 Å². The number of fused-ring (bicyclic) bond motifs is 8. The van der Waals surface area contributed by atoms with Crippen molar-refractivity contribution in [2.24, 2.45) is 0 Å². The van der Waals surface area contributed by atoms with Crippen molar-refractivity contribution in [2.75, 3.05) is 0 Å². The Morgan fingerprint density at radius 2 is 0.892 bits per heavy atom. The summed E-state index contributed by atoms with van der Waals surface area (Å²) in [5.74, 6) is 0. The number of aromatic nitrogens is 4. The smallest absolute Gasteiger partial charge is 0.0744 e. The van der Waals surface area contributed by atoms with Crippen LogP contribution in [0.3, 0.4) is 0 Å².